The van der Waals surface area contributed by atoms with Crippen LogP contribution in [0.1, 0.15) is 40.5 Å². The molecule has 0 saturated carbocycles. The van der Waals surface area contributed by atoms with E-state index >= 15 is 0 Å². The topological polar surface area (TPSA) is 61.4 Å². The zero-order valence-corrected chi connectivity index (χ0v) is 18.6. The Morgan fingerprint density at radius 1 is 0.893 bits per heavy atom. The molecule has 7 heteroatoms. The van der Waals surface area contributed by atoms with Crippen molar-refractivity contribution < 1.29 is 9.47 Å². The van der Waals surface area contributed by atoms with Crippen LogP contribution in [-0.4, -0.2) is 100 Å². The first-order chi connectivity index (χ1) is 13.7. The molecule has 0 aromatic carbocycles. The minimum Gasteiger partial charge on any atom is -0.379 e. The van der Waals surface area contributed by atoms with Crippen LogP contribution in [0.25, 0.3) is 0 Å². The molecule has 7 nitrogen and oxygen atoms in total. The fraction of sp³-hybridized carbons (Fsp3) is 0.952. The fourth-order valence-electron chi connectivity index (χ4n) is 4.24. The SMILES string of the molecule is CCNC(=NCC(C)N1CCOCC1)NCC(C(CC)CC)N1CCOCC1. The van der Waals surface area contributed by atoms with Crippen LogP contribution >= 0.6 is 0 Å². The molecule has 0 aliphatic carbocycles. The summed E-state index contributed by atoms with van der Waals surface area (Å²) in [6, 6.07) is 0.966. The number of rotatable bonds is 10. The number of hydrogen-bond acceptors (Lipinski definition) is 5. The Morgan fingerprint density at radius 2 is 1.46 bits per heavy atom. The van der Waals surface area contributed by atoms with Gasteiger partial charge in [-0.05, 0) is 19.8 Å². The molecule has 28 heavy (non-hydrogen) atoms. The lowest BCUT2D eigenvalue weighted by molar-refractivity contribution is 0.00271. The molecule has 2 fully saturated rings. The lowest BCUT2D eigenvalue weighted by Gasteiger charge is -2.39. The van der Waals surface area contributed by atoms with E-state index in [1.54, 1.807) is 0 Å². The summed E-state index contributed by atoms with van der Waals surface area (Å²) in [6.45, 7) is 19.1. The molecule has 0 spiro atoms. The maximum atomic E-state index is 5.57. The van der Waals surface area contributed by atoms with Crippen LogP contribution in [0.3, 0.4) is 0 Å². The van der Waals surface area contributed by atoms with Crippen LogP contribution in [0, 0.1) is 5.92 Å². The van der Waals surface area contributed by atoms with E-state index in [0.29, 0.717) is 18.0 Å². The summed E-state index contributed by atoms with van der Waals surface area (Å²) in [5.74, 6) is 1.63. The number of hydrogen-bond donors (Lipinski definition) is 2. The van der Waals surface area contributed by atoms with Gasteiger partial charge in [0.25, 0.3) is 0 Å². The third-order valence-corrected chi connectivity index (χ3v) is 6.11. The third-order valence-electron chi connectivity index (χ3n) is 6.11. The Morgan fingerprint density at radius 3 is 2.00 bits per heavy atom. The molecule has 0 bridgehead atoms. The predicted octanol–water partition coefficient (Wildman–Crippen LogP) is 1.40. The van der Waals surface area contributed by atoms with Crippen molar-refractivity contribution in [3.8, 4) is 0 Å². The van der Waals surface area contributed by atoms with Crippen LogP contribution in [0.4, 0.5) is 0 Å². The molecule has 2 unspecified atom stereocenters. The molecule has 2 aliphatic heterocycles. The van der Waals surface area contributed by atoms with Gasteiger partial charge in [0.15, 0.2) is 5.96 Å². The summed E-state index contributed by atoms with van der Waals surface area (Å²) >= 11 is 0. The molecule has 0 aromatic rings. The molecule has 0 radical (unpaired) electrons. The summed E-state index contributed by atoms with van der Waals surface area (Å²) in [5, 5.41) is 7.07. The lowest BCUT2D eigenvalue weighted by Crippen LogP contribution is -2.53. The van der Waals surface area contributed by atoms with Crippen molar-refractivity contribution in [3.05, 3.63) is 0 Å². The Kier molecular flexibility index (Phi) is 11.2. The molecule has 2 aliphatic rings. The van der Waals surface area contributed by atoms with Crippen LogP contribution in [-0.2, 0) is 9.47 Å². The highest BCUT2D eigenvalue weighted by molar-refractivity contribution is 5.79. The van der Waals surface area contributed by atoms with Gasteiger partial charge in [-0.25, -0.2) is 0 Å². The number of morpholine rings is 2. The van der Waals surface area contributed by atoms with Crippen molar-refractivity contribution in [1.82, 2.24) is 20.4 Å². The Balaban J connectivity index is 1.93. The Labute approximate surface area is 172 Å². The number of nitrogens with zero attached hydrogens (tertiary/aromatic N) is 3. The van der Waals surface area contributed by atoms with Gasteiger partial charge in [0.1, 0.15) is 0 Å². The van der Waals surface area contributed by atoms with Gasteiger partial charge >= 0.3 is 0 Å². The highest BCUT2D eigenvalue weighted by Gasteiger charge is 2.27. The van der Waals surface area contributed by atoms with E-state index < -0.39 is 0 Å². The lowest BCUT2D eigenvalue weighted by atomic mass is 9.92. The molecule has 2 heterocycles. The highest BCUT2D eigenvalue weighted by atomic mass is 16.5. The third kappa shape index (κ3) is 7.50. The maximum absolute atomic E-state index is 5.57. The van der Waals surface area contributed by atoms with E-state index in [1.165, 1.54) is 12.8 Å². The second kappa shape index (κ2) is 13.4. The van der Waals surface area contributed by atoms with E-state index in [4.69, 9.17) is 14.5 Å². The minimum atomic E-state index is 0.438. The molecular weight excluding hydrogens is 354 g/mol. The molecule has 164 valence electrons. The molecule has 0 amide bonds. The largest absolute Gasteiger partial charge is 0.379 e. The Hall–Kier alpha value is -0.890. The zero-order chi connectivity index (χ0) is 20.2. The number of nitrogens with one attached hydrogen (secondary N) is 2. The van der Waals surface area contributed by atoms with Crippen LogP contribution in [0.5, 0.6) is 0 Å². The van der Waals surface area contributed by atoms with Crippen molar-refractivity contribution in [1.29, 1.82) is 0 Å². The number of guanidine groups is 1. The minimum absolute atomic E-state index is 0.438. The van der Waals surface area contributed by atoms with Crippen LogP contribution in [0.2, 0.25) is 0 Å². The smallest absolute Gasteiger partial charge is 0.191 e. The average Bonchev–Trinajstić information content (AvgIpc) is 2.75. The molecule has 2 rings (SSSR count). The van der Waals surface area contributed by atoms with Crippen molar-refractivity contribution in [2.45, 2.75) is 52.6 Å². The first-order valence-corrected chi connectivity index (χ1v) is 11.3. The monoisotopic (exact) mass is 397 g/mol. The standard InChI is InChI=1S/C21H43N5O2/c1-5-19(6-2)20(26-10-14-28-15-11-26)17-24-21(22-7-3)23-16-18(4)25-8-12-27-13-9-25/h18-20H,5-17H2,1-4H3,(H2,22,23,24). The second-order valence-corrected chi connectivity index (χ2v) is 7.89. The average molecular weight is 398 g/mol. The molecule has 2 N–H and O–H groups in total. The van der Waals surface area contributed by atoms with E-state index in [9.17, 15) is 0 Å². The van der Waals surface area contributed by atoms with Gasteiger partial charge in [0.2, 0.25) is 0 Å². The van der Waals surface area contributed by atoms with Crippen LogP contribution in [0.15, 0.2) is 4.99 Å². The summed E-state index contributed by atoms with van der Waals surface area (Å²) in [5.41, 5.74) is 0. The van der Waals surface area contributed by atoms with Crippen molar-refractivity contribution in [2.24, 2.45) is 10.9 Å². The van der Waals surface area contributed by atoms with Crippen molar-refractivity contribution in [2.75, 3.05) is 72.2 Å². The van der Waals surface area contributed by atoms with Gasteiger partial charge in [-0.1, -0.05) is 26.7 Å². The number of ether oxygens (including phenoxy) is 2. The van der Waals surface area contributed by atoms with Gasteiger partial charge in [-0.2, -0.15) is 0 Å². The summed E-state index contributed by atoms with van der Waals surface area (Å²) in [7, 11) is 0. The first kappa shape index (κ1) is 23.4. The molecule has 2 atom stereocenters. The van der Waals surface area contributed by atoms with E-state index in [0.717, 1.165) is 78.2 Å². The zero-order valence-electron chi connectivity index (χ0n) is 18.6. The van der Waals surface area contributed by atoms with Gasteiger partial charge in [-0.15, -0.1) is 0 Å². The van der Waals surface area contributed by atoms with E-state index in [2.05, 4.69) is 48.1 Å². The summed E-state index contributed by atoms with van der Waals surface area (Å²) in [6.07, 6.45) is 2.42. The molecule has 0 aromatic heterocycles. The fourth-order valence-corrected chi connectivity index (χ4v) is 4.24. The highest BCUT2D eigenvalue weighted by Crippen LogP contribution is 2.19. The quantitative estimate of drug-likeness (QED) is 0.429. The molecule has 2 saturated heterocycles. The molecular formula is C21H43N5O2. The maximum Gasteiger partial charge on any atom is 0.191 e. The number of aliphatic imine (C=N–C) groups is 1. The van der Waals surface area contributed by atoms with Crippen LogP contribution < -0.4 is 10.6 Å². The van der Waals surface area contributed by atoms with Crippen molar-refractivity contribution >= 4 is 5.96 Å². The second-order valence-electron chi connectivity index (χ2n) is 7.89. The van der Waals surface area contributed by atoms with Gasteiger partial charge in [-0.3, -0.25) is 14.8 Å². The Bertz CT molecular complexity index is 433. The predicted molar refractivity (Wildman–Crippen MR) is 116 cm³/mol. The first-order valence-electron chi connectivity index (χ1n) is 11.3. The van der Waals surface area contributed by atoms with Crippen molar-refractivity contribution in [3.63, 3.8) is 0 Å². The van der Waals surface area contributed by atoms with E-state index in [1.807, 2.05) is 0 Å². The van der Waals surface area contributed by atoms with E-state index in [-0.39, 0.29) is 0 Å². The van der Waals surface area contributed by atoms with Gasteiger partial charge in [0.05, 0.1) is 33.0 Å². The van der Waals surface area contributed by atoms with Gasteiger partial charge < -0.3 is 20.1 Å². The summed E-state index contributed by atoms with van der Waals surface area (Å²) in [4.78, 5) is 9.96. The van der Waals surface area contributed by atoms with Gasteiger partial charge in [0, 0.05) is 51.4 Å². The normalized spacial score (nSPS) is 22.2. The summed E-state index contributed by atoms with van der Waals surface area (Å²) < 4.78 is 11.0.